The van der Waals surface area contributed by atoms with E-state index in [1.807, 2.05) is 13.8 Å². The Bertz CT molecular complexity index is 236. The largest absolute Gasteiger partial charge is 0.463 e. The van der Waals surface area contributed by atoms with Crippen LogP contribution in [0.15, 0.2) is 0 Å². The van der Waals surface area contributed by atoms with Gasteiger partial charge in [-0.3, -0.25) is 9.59 Å². The van der Waals surface area contributed by atoms with Crippen molar-refractivity contribution in [2.24, 2.45) is 0 Å². The minimum atomic E-state index is -0.189. The SMILES string of the molecule is C[C@@H]1C[C@H](C)OC(=O)CCCCCCC(=O)O1. The third-order valence-electron chi connectivity index (χ3n) is 2.84. The highest BCUT2D eigenvalue weighted by Crippen LogP contribution is 2.13. The van der Waals surface area contributed by atoms with Crippen molar-refractivity contribution < 1.29 is 19.1 Å². The fourth-order valence-corrected chi connectivity index (χ4v) is 2.02. The van der Waals surface area contributed by atoms with Gasteiger partial charge in [0.1, 0.15) is 12.2 Å². The maximum atomic E-state index is 11.4. The van der Waals surface area contributed by atoms with E-state index in [1.54, 1.807) is 0 Å². The molecule has 1 aliphatic rings. The zero-order chi connectivity index (χ0) is 12.7. The van der Waals surface area contributed by atoms with E-state index < -0.39 is 0 Å². The van der Waals surface area contributed by atoms with Gasteiger partial charge in [0, 0.05) is 19.3 Å². The second kappa shape index (κ2) is 7.30. The molecule has 1 fully saturated rings. The molecule has 4 nitrogen and oxygen atoms in total. The molecular weight excluding hydrogens is 220 g/mol. The lowest BCUT2D eigenvalue weighted by molar-refractivity contribution is -0.153. The molecule has 0 aliphatic carbocycles. The molecule has 0 aromatic carbocycles. The third-order valence-corrected chi connectivity index (χ3v) is 2.84. The van der Waals surface area contributed by atoms with Gasteiger partial charge in [-0.05, 0) is 26.7 Å². The molecular formula is C13H22O4. The van der Waals surface area contributed by atoms with Gasteiger partial charge in [0.15, 0.2) is 0 Å². The van der Waals surface area contributed by atoms with Crippen molar-refractivity contribution in [3.63, 3.8) is 0 Å². The van der Waals surface area contributed by atoms with E-state index in [1.165, 1.54) is 0 Å². The van der Waals surface area contributed by atoms with E-state index in [0.29, 0.717) is 19.3 Å². The molecule has 4 heteroatoms. The number of hydrogen-bond donors (Lipinski definition) is 0. The molecule has 1 heterocycles. The molecule has 0 unspecified atom stereocenters. The molecule has 0 N–H and O–H groups in total. The molecule has 0 radical (unpaired) electrons. The first kappa shape index (κ1) is 14.0. The van der Waals surface area contributed by atoms with E-state index >= 15 is 0 Å². The van der Waals surface area contributed by atoms with E-state index in [9.17, 15) is 9.59 Å². The molecule has 0 bridgehead atoms. The Balaban J connectivity index is 2.48. The highest BCUT2D eigenvalue weighted by atomic mass is 16.6. The molecule has 1 aliphatic heterocycles. The Kier molecular flexibility index (Phi) is 6.01. The zero-order valence-corrected chi connectivity index (χ0v) is 10.7. The molecule has 0 saturated carbocycles. The number of hydrogen-bond acceptors (Lipinski definition) is 4. The summed E-state index contributed by atoms with van der Waals surface area (Å²) in [6.07, 6.45) is 4.76. The van der Waals surface area contributed by atoms with Crippen molar-refractivity contribution in [2.45, 2.75) is 71.0 Å². The molecule has 17 heavy (non-hydrogen) atoms. The highest BCUT2D eigenvalue weighted by Gasteiger charge is 2.17. The highest BCUT2D eigenvalue weighted by molar-refractivity contribution is 5.70. The summed E-state index contributed by atoms with van der Waals surface area (Å²) in [5.41, 5.74) is 0. The number of cyclic esters (lactones) is 2. The normalized spacial score (nSPS) is 29.3. The number of rotatable bonds is 0. The number of esters is 2. The van der Waals surface area contributed by atoms with Crippen molar-refractivity contribution in [1.29, 1.82) is 0 Å². The lowest BCUT2D eigenvalue weighted by Gasteiger charge is -2.18. The van der Waals surface area contributed by atoms with Gasteiger partial charge in [-0.15, -0.1) is 0 Å². The zero-order valence-electron chi connectivity index (χ0n) is 10.7. The van der Waals surface area contributed by atoms with Gasteiger partial charge in [0.05, 0.1) is 0 Å². The summed E-state index contributed by atoms with van der Waals surface area (Å²) in [5, 5.41) is 0. The van der Waals surface area contributed by atoms with Crippen LogP contribution in [0.3, 0.4) is 0 Å². The van der Waals surface area contributed by atoms with Crippen molar-refractivity contribution in [2.75, 3.05) is 0 Å². The van der Waals surface area contributed by atoms with Crippen LogP contribution in [0, 0.1) is 0 Å². The summed E-state index contributed by atoms with van der Waals surface area (Å²) in [6, 6.07) is 0. The van der Waals surface area contributed by atoms with Gasteiger partial charge in [-0.1, -0.05) is 12.8 Å². The van der Waals surface area contributed by atoms with Gasteiger partial charge in [0.25, 0.3) is 0 Å². The van der Waals surface area contributed by atoms with Crippen LogP contribution in [0.2, 0.25) is 0 Å². The summed E-state index contributed by atoms with van der Waals surface area (Å²) in [5.74, 6) is -0.287. The van der Waals surface area contributed by atoms with Crippen molar-refractivity contribution >= 4 is 11.9 Å². The van der Waals surface area contributed by atoms with E-state index in [-0.39, 0.29) is 24.1 Å². The molecule has 2 atom stereocenters. The number of carbonyl (C=O) groups is 2. The second-order valence-electron chi connectivity index (χ2n) is 4.75. The fraction of sp³-hybridized carbons (Fsp3) is 0.846. The van der Waals surface area contributed by atoms with E-state index in [2.05, 4.69) is 0 Å². The summed E-state index contributed by atoms with van der Waals surface area (Å²) >= 11 is 0. The molecule has 0 spiro atoms. The van der Waals surface area contributed by atoms with Crippen LogP contribution in [0.1, 0.15) is 58.8 Å². The van der Waals surface area contributed by atoms with Crippen molar-refractivity contribution in [3.8, 4) is 0 Å². The smallest absolute Gasteiger partial charge is 0.306 e. The van der Waals surface area contributed by atoms with Gasteiger partial charge in [-0.2, -0.15) is 0 Å². The van der Waals surface area contributed by atoms with Crippen molar-refractivity contribution in [3.05, 3.63) is 0 Å². The lowest BCUT2D eigenvalue weighted by Crippen LogP contribution is -2.23. The molecule has 1 rings (SSSR count). The Labute approximate surface area is 103 Å². The Morgan fingerprint density at radius 2 is 1.24 bits per heavy atom. The minimum Gasteiger partial charge on any atom is -0.463 e. The van der Waals surface area contributed by atoms with Crippen LogP contribution in [-0.4, -0.2) is 24.1 Å². The molecule has 0 aromatic rings. The first-order valence-electron chi connectivity index (χ1n) is 6.47. The topological polar surface area (TPSA) is 52.6 Å². The van der Waals surface area contributed by atoms with Gasteiger partial charge in [-0.25, -0.2) is 0 Å². The minimum absolute atomic E-state index is 0.143. The van der Waals surface area contributed by atoms with Gasteiger partial charge in [0.2, 0.25) is 0 Å². The van der Waals surface area contributed by atoms with Crippen LogP contribution in [0.5, 0.6) is 0 Å². The fourth-order valence-electron chi connectivity index (χ4n) is 2.02. The van der Waals surface area contributed by atoms with Gasteiger partial charge < -0.3 is 9.47 Å². The average Bonchev–Trinajstić information content (AvgIpc) is 2.21. The van der Waals surface area contributed by atoms with Crippen LogP contribution < -0.4 is 0 Å². The monoisotopic (exact) mass is 242 g/mol. The summed E-state index contributed by atoms with van der Waals surface area (Å²) in [6.45, 7) is 3.67. The maximum Gasteiger partial charge on any atom is 0.306 e. The Hall–Kier alpha value is -1.06. The second-order valence-corrected chi connectivity index (χ2v) is 4.75. The van der Waals surface area contributed by atoms with E-state index in [0.717, 1.165) is 25.7 Å². The quantitative estimate of drug-likeness (QED) is 0.613. The summed E-state index contributed by atoms with van der Waals surface area (Å²) in [4.78, 5) is 22.9. The molecule has 0 amide bonds. The first-order chi connectivity index (χ1) is 8.08. The lowest BCUT2D eigenvalue weighted by atomic mass is 10.1. The molecule has 0 aromatic heterocycles. The predicted molar refractivity (Wildman–Crippen MR) is 63.4 cm³/mol. The predicted octanol–water partition coefficient (Wildman–Crippen LogP) is 2.59. The maximum absolute atomic E-state index is 11.4. The third kappa shape index (κ3) is 6.29. The standard InChI is InChI=1S/C13H22O4/c1-10-9-11(2)17-13(15)8-6-4-3-5-7-12(14)16-10/h10-11H,3-9H2,1-2H3/t10-,11+. The number of ether oxygens (including phenoxy) is 2. The van der Waals surface area contributed by atoms with Crippen molar-refractivity contribution in [1.82, 2.24) is 0 Å². The van der Waals surface area contributed by atoms with Crippen LogP contribution in [-0.2, 0) is 19.1 Å². The van der Waals surface area contributed by atoms with Crippen LogP contribution in [0.25, 0.3) is 0 Å². The van der Waals surface area contributed by atoms with Crippen LogP contribution >= 0.6 is 0 Å². The average molecular weight is 242 g/mol. The number of carbonyl (C=O) groups excluding carboxylic acids is 2. The molecule has 98 valence electrons. The summed E-state index contributed by atoms with van der Waals surface area (Å²) < 4.78 is 10.5. The van der Waals surface area contributed by atoms with Gasteiger partial charge >= 0.3 is 11.9 Å². The first-order valence-corrected chi connectivity index (χ1v) is 6.47. The van der Waals surface area contributed by atoms with Crippen LogP contribution in [0.4, 0.5) is 0 Å². The van der Waals surface area contributed by atoms with E-state index in [4.69, 9.17) is 9.47 Å². The summed E-state index contributed by atoms with van der Waals surface area (Å²) in [7, 11) is 0. The Morgan fingerprint density at radius 1 is 0.824 bits per heavy atom. The molecule has 1 saturated heterocycles. The Morgan fingerprint density at radius 3 is 1.65 bits per heavy atom.